The normalized spacial score (nSPS) is 22.1. The summed E-state index contributed by atoms with van der Waals surface area (Å²) in [6, 6.07) is 0. The Kier molecular flexibility index (Phi) is 4.39. The van der Waals surface area contributed by atoms with Gasteiger partial charge in [0.1, 0.15) is 0 Å². The van der Waals surface area contributed by atoms with Crippen LogP contribution in [0.25, 0.3) is 0 Å². The second kappa shape index (κ2) is 5.64. The molecule has 9 heteroatoms. The van der Waals surface area contributed by atoms with Gasteiger partial charge in [0, 0.05) is 12.6 Å². The van der Waals surface area contributed by atoms with Gasteiger partial charge in [-0.1, -0.05) is 11.3 Å². The van der Waals surface area contributed by atoms with E-state index in [0.717, 1.165) is 11.3 Å². The number of anilines is 1. The molecule has 0 saturated heterocycles. The van der Waals surface area contributed by atoms with E-state index in [1.807, 2.05) is 0 Å². The molecule has 2 rings (SSSR count). The summed E-state index contributed by atoms with van der Waals surface area (Å²) in [7, 11) is -2.06. The number of hydrogen-bond donors (Lipinski definition) is 2. The maximum absolute atomic E-state index is 12.1. The first-order valence-corrected chi connectivity index (χ1v) is 8.76. The van der Waals surface area contributed by atoms with E-state index < -0.39 is 15.6 Å². The molecule has 0 radical (unpaired) electrons. The van der Waals surface area contributed by atoms with Gasteiger partial charge >= 0.3 is 0 Å². The highest BCUT2D eigenvalue weighted by Gasteiger charge is 2.43. The molecular weight excluding hydrogens is 314 g/mol. The second-order valence-corrected chi connectivity index (χ2v) is 8.89. The van der Waals surface area contributed by atoms with Gasteiger partial charge < -0.3 is 10.1 Å². The van der Waals surface area contributed by atoms with Crippen molar-refractivity contribution >= 4 is 32.4 Å². The highest BCUT2D eigenvalue weighted by atomic mass is 32.2. The lowest BCUT2D eigenvalue weighted by Crippen LogP contribution is -2.40. The summed E-state index contributed by atoms with van der Waals surface area (Å²) in [4.78, 5) is 15.8. The molecule has 0 aromatic carbocycles. The van der Waals surface area contributed by atoms with Gasteiger partial charge in [-0.2, -0.15) is 0 Å². The fraction of sp³-hybridized carbons (Fsp3) is 0.667. The Bertz CT molecular complexity index is 633. The van der Waals surface area contributed by atoms with Crippen LogP contribution in [0.3, 0.4) is 0 Å². The van der Waals surface area contributed by atoms with E-state index in [0.29, 0.717) is 6.42 Å². The van der Waals surface area contributed by atoms with Crippen LogP contribution < -0.4 is 10.0 Å². The average Bonchev–Trinajstić information content (AvgIpc) is 2.97. The summed E-state index contributed by atoms with van der Waals surface area (Å²) in [5, 5.41) is 2.89. The maximum atomic E-state index is 12.1. The second-order valence-electron chi connectivity index (χ2n) is 5.95. The van der Waals surface area contributed by atoms with Gasteiger partial charge in [0.05, 0.1) is 18.2 Å². The fourth-order valence-electron chi connectivity index (χ4n) is 1.80. The molecule has 1 aliphatic carbocycles. The van der Waals surface area contributed by atoms with Crippen molar-refractivity contribution in [1.29, 1.82) is 0 Å². The Morgan fingerprint density at radius 1 is 1.48 bits per heavy atom. The minimum Gasteiger partial charge on any atom is -0.381 e. The fourth-order valence-corrected chi connectivity index (χ4v) is 4.25. The molecule has 1 saturated carbocycles. The molecule has 118 valence electrons. The van der Waals surface area contributed by atoms with Gasteiger partial charge in [0.15, 0.2) is 9.34 Å². The summed E-state index contributed by atoms with van der Waals surface area (Å²) in [5.41, 5.74) is -0.577. The predicted molar refractivity (Wildman–Crippen MR) is 79.7 cm³/mol. The van der Waals surface area contributed by atoms with Crippen LogP contribution in [0.1, 0.15) is 27.2 Å². The number of carbonyl (C=O) groups excluding carboxylic acids is 1. The zero-order chi connectivity index (χ0) is 15.8. The maximum Gasteiger partial charge on any atom is 0.252 e. The van der Waals surface area contributed by atoms with E-state index in [1.54, 1.807) is 27.9 Å². The monoisotopic (exact) mass is 333 g/mol. The number of aromatic nitrogens is 1. The van der Waals surface area contributed by atoms with E-state index in [9.17, 15) is 13.2 Å². The summed E-state index contributed by atoms with van der Waals surface area (Å²) < 4.78 is 31.9. The Morgan fingerprint density at radius 3 is 2.67 bits per heavy atom. The van der Waals surface area contributed by atoms with Crippen molar-refractivity contribution < 1.29 is 17.9 Å². The Labute approximate surface area is 128 Å². The summed E-state index contributed by atoms with van der Waals surface area (Å²) >= 11 is 0.929. The van der Waals surface area contributed by atoms with Crippen LogP contribution >= 0.6 is 11.3 Å². The van der Waals surface area contributed by atoms with E-state index in [1.165, 1.54) is 6.20 Å². The summed E-state index contributed by atoms with van der Waals surface area (Å²) in [5.74, 6) is -0.365. The molecule has 0 bridgehead atoms. The molecule has 2 N–H and O–H groups in total. The number of rotatable bonds is 5. The predicted octanol–water partition coefficient (Wildman–Crippen LogP) is 1.19. The van der Waals surface area contributed by atoms with Crippen molar-refractivity contribution in [3.8, 4) is 0 Å². The third-order valence-corrected chi connectivity index (χ3v) is 5.92. The average molecular weight is 333 g/mol. The smallest absolute Gasteiger partial charge is 0.252 e. The molecule has 1 heterocycles. The Morgan fingerprint density at radius 2 is 2.14 bits per heavy atom. The standard InChI is InChI=1S/C12H19N3O4S2/c1-12(2,3)15-21(17,18)9-6-13-11(20-9)14-10(16)7-5-8(7)19-4/h6-8,15H,5H2,1-4H3,(H,13,14,16)/t7-,8-/m1/s1. The largest absolute Gasteiger partial charge is 0.381 e. The van der Waals surface area contributed by atoms with E-state index >= 15 is 0 Å². The molecule has 7 nitrogen and oxygen atoms in total. The minimum atomic E-state index is -3.62. The van der Waals surface area contributed by atoms with Crippen molar-refractivity contribution in [2.24, 2.45) is 5.92 Å². The zero-order valence-electron chi connectivity index (χ0n) is 12.3. The Hall–Kier alpha value is -1.03. The lowest BCUT2D eigenvalue weighted by atomic mass is 10.1. The third kappa shape index (κ3) is 4.22. The highest BCUT2D eigenvalue weighted by Crippen LogP contribution is 2.34. The lowest BCUT2D eigenvalue weighted by molar-refractivity contribution is -0.118. The molecule has 0 unspecified atom stereocenters. The molecule has 21 heavy (non-hydrogen) atoms. The van der Waals surface area contributed by atoms with Gasteiger partial charge in [-0.15, -0.1) is 0 Å². The molecule has 1 aromatic rings. The van der Waals surface area contributed by atoms with Crippen LogP contribution in [0.4, 0.5) is 5.13 Å². The molecular formula is C12H19N3O4S2. The van der Waals surface area contributed by atoms with E-state index in [2.05, 4.69) is 15.0 Å². The number of nitrogens with one attached hydrogen (secondary N) is 2. The van der Waals surface area contributed by atoms with Crippen molar-refractivity contribution in [2.45, 2.75) is 43.0 Å². The van der Waals surface area contributed by atoms with Gasteiger partial charge in [0.2, 0.25) is 5.91 Å². The summed E-state index contributed by atoms with van der Waals surface area (Å²) in [6.45, 7) is 5.27. The number of amides is 1. The molecule has 1 aliphatic rings. The van der Waals surface area contributed by atoms with Crippen molar-refractivity contribution in [3.63, 3.8) is 0 Å². The number of carbonyl (C=O) groups is 1. The lowest BCUT2D eigenvalue weighted by Gasteiger charge is -2.19. The van der Waals surface area contributed by atoms with Gasteiger partial charge in [-0.05, 0) is 27.2 Å². The van der Waals surface area contributed by atoms with Crippen LogP contribution in [0.2, 0.25) is 0 Å². The number of ether oxygens (including phenoxy) is 1. The van der Waals surface area contributed by atoms with Crippen molar-refractivity contribution in [2.75, 3.05) is 12.4 Å². The van der Waals surface area contributed by atoms with Crippen LogP contribution in [0.5, 0.6) is 0 Å². The van der Waals surface area contributed by atoms with Gasteiger partial charge in [0.25, 0.3) is 10.0 Å². The van der Waals surface area contributed by atoms with Crippen molar-refractivity contribution in [1.82, 2.24) is 9.71 Å². The first kappa shape index (κ1) is 16.3. The molecule has 0 spiro atoms. The van der Waals surface area contributed by atoms with Gasteiger partial charge in [-0.25, -0.2) is 18.1 Å². The van der Waals surface area contributed by atoms with Gasteiger partial charge in [-0.3, -0.25) is 4.79 Å². The SMILES string of the molecule is CO[C@@H]1C[C@H]1C(=O)Nc1ncc(S(=O)(=O)NC(C)(C)C)s1. The molecule has 1 amide bonds. The van der Waals surface area contributed by atoms with Crippen LogP contribution in [0, 0.1) is 5.92 Å². The van der Waals surface area contributed by atoms with E-state index in [-0.39, 0.29) is 27.3 Å². The number of hydrogen-bond acceptors (Lipinski definition) is 6. The number of methoxy groups -OCH3 is 1. The third-order valence-electron chi connectivity index (χ3n) is 2.79. The first-order chi connectivity index (χ1) is 9.62. The van der Waals surface area contributed by atoms with Crippen LogP contribution in [0.15, 0.2) is 10.4 Å². The minimum absolute atomic E-state index is 0.0456. The Balaban J connectivity index is 2.03. The molecule has 1 aromatic heterocycles. The van der Waals surface area contributed by atoms with E-state index in [4.69, 9.17) is 4.74 Å². The molecule has 0 aliphatic heterocycles. The number of sulfonamides is 1. The highest BCUT2D eigenvalue weighted by molar-refractivity contribution is 7.91. The number of nitrogens with zero attached hydrogens (tertiary/aromatic N) is 1. The molecule has 2 atom stereocenters. The molecule has 1 fully saturated rings. The quantitative estimate of drug-likeness (QED) is 0.843. The number of thiazole rings is 1. The van der Waals surface area contributed by atoms with Crippen LogP contribution in [-0.2, 0) is 19.6 Å². The topological polar surface area (TPSA) is 97.4 Å². The van der Waals surface area contributed by atoms with Crippen LogP contribution in [-0.4, -0.2) is 38.1 Å². The summed E-state index contributed by atoms with van der Waals surface area (Å²) in [6.07, 6.45) is 1.88. The van der Waals surface area contributed by atoms with Crippen molar-refractivity contribution in [3.05, 3.63) is 6.20 Å². The first-order valence-electron chi connectivity index (χ1n) is 6.46. The zero-order valence-corrected chi connectivity index (χ0v) is 14.0.